The maximum absolute atomic E-state index is 12.0. The molecule has 1 aliphatic rings. The summed E-state index contributed by atoms with van der Waals surface area (Å²) in [4.78, 5) is 23.4. The van der Waals surface area contributed by atoms with E-state index in [9.17, 15) is 14.7 Å². The van der Waals surface area contributed by atoms with Gasteiger partial charge in [0.1, 0.15) is 0 Å². The van der Waals surface area contributed by atoms with Gasteiger partial charge in [-0.05, 0) is 18.9 Å². The third kappa shape index (κ3) is 4.36. The molecule has 21 heavy (non-hydrogen) atoms. The van der Waals surface area contributed by atoms with Gasteiger partial charge in [-0.3, -0.25) is 0 Å². The number of amides is 2. The lowest BCUT2D eigenvalue weighted by atomic mass is 9.96. The number of urea groups is 1. The third-order valence-electron chi connectivity index (χ3n) is 3.68. The molecule has 1 fully saturated rings. The molecule has 2 amide bonds. The molecule has 114 valence electrons. The molecule has 2 rings (SSSR count). The van der Waals surface area contributed by atoms with Gasteiger partial charge in [0.2, 0.25) is 0 Å². The molecule has 6 heteroatoms. The maximum atomic E-state index is 12.0. The summed E-state index contributed by atoms with van der Waals surface area (Å²) in [7, 11) is 0. The van der Waals surface area contributed by atoms with Crippen LogP contribution < -0.4 is 10.6 Å². The monoisotopic (exact) mass is 310 g/mol. The highest BCUT2D eigenvalue weighted by molar-refractivity contribution is 6.31. The van der Waals surface area contributed by atoms with E-state index in [4.69, 9.17) is 11.6 Å². The summed E-state index contributed by atoms with van der Waals surface area (Å²) in [6.45, 7) is 0. The topological polar surface area (TPSA) is 78.4 Å². The number of nitrogens with one attached hydrogen (secondary N) is 2. The summed E-state index contributed by atoms with van der Waals surface area (Å²) < 4.78 is 0. The molecule has 0 aromatic heterocycles. The molecule has 0 heterocycles. The molecule has 1 aliphatic carbocycles. The molecule has 0 saturated heterocycles. The fourth-order valence-electron chi connectivity index (χ4n) is 2.59. The number of aliphatic carboxylic acids is 1. The number of carbonyl (C=O) groups excluding carboxylic acids is 1. The van der Waals surface area contributed by atoms with Crippen molar-refractivity contribution in [3.8, 4) is 0 Å². The number of halogens is 1. The summed E-state index contributed by atoms with van der Waals surface area (Å²) in [6.07, 6.45) is 5.27. The maximum Gasteiger partial charge on any atom is 0.331 e. The van der Waals surface area contributed by atoms with E-state index in [0.717, 1.165) is 25.7 Å². The lowest BCUT2D eigenvalue weighted by molar-refractivity contribution is -0.139. The van der Waals surface area contributed by atoms with E-state index in [-0.39, 0.29) is 6.04 Å². The van der Waals surface area contributed by atoms with Crippen LogP contribution in [0, 0.1) is 0 Å². The van der Waals surface area contributed by atoms with Crippen LogP contribution >= 0.6 is 11.6 Å². The smallest absolute Gasteiger partial charge is 0.331 e. The van der Waals surface area contributed by atoms with Crippen LogP contribution in [0.25, 0.3) is 0 Å². The fraction of sp³-hybridized carbons (Fsp3) is 0.467. The van der Waals surface area contributed by atoms with E-state index in [2.05, 4.69) is 10.6 Å². The first kappa shape index (κ1) is 15.6. The average molecular weight is 311 g/mol. The Balaban J connectivity index is 2.01. The van der Waals surface area contributed by atoms with Gasteiger partial charge in [0.25, 0.3) is 0 Å². The number of carbonyl (C=O) groups is 2. The second-order valence-corrected chi connectivity index (χ2v) is 5.65. The average Bonchev–Trinajstić information content (AvgIpc) is 2.46. The van der Waals surface area contributed by atoms with Crippen LogP contribution in [0.4, 0.5) is 4.79 Å². The van der Waals surface area contributed by atoms with Crippen LogP contribution in [0.1, 0.15) is 43.7 Å². The summed E-state index contributed by atoms with van der Waals surface area (Å²) in [6, 6.07) is 5.12. The van der Waals surface area contributed by atoms with Crippen LogP contribution in [0.5, 0.6) is 0 Å². The number of carboxylic acid groups (broad SMARTS) is 1. The van der Waals surface area contributed by atoms with E-state index in [0.29, 0.717) is 10.6 Å². The van der Waals surface area contributed by atoms with Gasteiger partial charge >= 0.3 is 12.0 Å². The Kier molecular flexibility index (Phi) is 5.44. The van der Waals surface area contributed by atoms with E-state index in [1.165, 1.54) is 6.42 Å². The lowest BCUT2D eigenvalue weighted by Crippen LogP contribution is -2.45. The molecule has 0 radical (unpaired) electrons. The third-order valence-corrected chi connectivity index (χ3v) is 4.02. The fourth-order valence-corrected chi connectivity index (χ4v) is 2.83. The zero-order valence-corrected chi connectivity index (χ0v) is 12.4. The first-order valence-corrected chi connectivity index (χ1v) is 7.50. The highest BCUT2D eigenvalue weighted by Crippen LogP contribution is 2.23. The molecule has 1 aromatic carbocycles. The predicted octanol–water partition coefficient (Wildman–Crippen LogP) is 3.10. The number of hydrogen-bond acceptors (Lipinski definition) is 2. The van der Waals surface area contributed by atoms with Gasteiger partial charge in [0, 0.05) is 16.6 Å². The molecule has 0 bridgehead atoms. The number of benzene rings is 1. The van der Waals surface area contributed by atoms with Gasteiger partial charge in [-0.1, -0.05) is 49.1 Å². The van der Waals surface area contributed by atoms with Gasteiger partial charge < -0.3 is 15.7 Å². The second kappa shape index (κ2) is 7.31. The van der Waals surface area contributed by atoms with Crippen LogP contribution in [-0.2, 0) is 4.79 Å². The summed E-state index contributed by atoms with van der Waals surface area (Å²) in [5, 5.41) is 15.0. The Morgan fingerprint density at radius 1 is 1.19 bits per heavy atom. The van der Waals surface area contributed by atoms with Crippen molar-refractivity contribution in [3.05, 3.63) is 34.9 Å². The normalized spacial score (nSPS) is 17.0. The van der Waals surface area contributed by atoms with Crippen molar-refractivity contribution < 1.29 is 14.7 Å². The first-order chi connectivity index (χ1) is 10.1. The van der Waals surface area contributed by atoms with E-state index < -0.39 is 18.0 Å². The van der Waals surface area contributed by atoms with Crippen molar-refractivity contribution in [1.82, 2.24) is 10.6 Å². The van der Waals surface area contributed by atoms with Crippen molar-refractivity contribution >= 4 is 23.6 Å². The molecule has 1 atom stereocenters. The summed E-state index contributed by atoms with van der Waals surface area (Å²) in [5.41, 5.74) is 0.380. The van der Waals surface area contributed by atoms with E-state index in [1.54, 1.807) is 24.3 Å². The minimum absolute atomic E-state index is 0.124. The summed E-state index contributed by atoms with van der Waals surface area (Å²) in [5.74, 6) is -1.14. The van der Waals surface area contributed by atoms with Gasteiger partial charge in [0.05, 0.1) is 0 Å². The van der Waals surface area contributed by atoms with Gasteiger partial charge in [-0.25, -0.2) is 9.59 Å². The molecule has 1 saturated carbocycles. The number of hydrogen-bond donors (Lipinski definition) is 3. The summed E-state index contributed by atoms with van der Waals surface area (Å²) >= 11 is 6.00. The van der Waals surface area contributed by atoms with Gasteiger partial charge in [-0.15, -0.1) is 0 Å². The molecular weight excluding hydrogens is 292 g/mol. The van der Waals surface area contributed by atoms with E-state index in [1.807, 2.05) is 0 Å². The second-order valence-electron chi connectivity index (χ2n) is 5.25. The van der Waals surface area contributed by atoms with Crippen LogP contribution in [0.2, 0.25) is 5.02 Å². The molecule has 3 N–H and O–H groups in total. The standard InChI is InChI=1S/C15H19ClN2O3/c16-12-9-5-4-8-11(12)13(14(19)20)18-15(21)17-10-6-2-1-3-7-10/h4-5,8-10,13H,1-3,6-7H2,(H,19,20)(H2,17,18,21)/t13-/m1/s1. The quantitative estimate of drug-likeness (QED) is 0.799. The number of carboxylic acids is 1. The van der Waals surface area contributed by atoms with Gasteiger partial charge in [-0.2, -0.15) is 0 Å². The lowest BCUT2D eigenvalue weighted by Gasteiger charge is -2.24. The van der Waals surface area contributed by atoms with Crippen molar-refractivity contribution in [2.24, 2.45) is 0 Å². The highest BCUT2D eigenvalue weighted by atomic mass is 35.5. The highest BCUT2D eigenvalue weighted by Gasteiger charge is 2.25. The largest absolute Gasteiger partial charge is 0.479 e. The molecule has 5 nitrogen and oxygen atoms in total. The Labute approximate surface area is 128 Å². The molecule has 0 unspecified atom stereocenters. The SMILES string of the molecule is O=C(NC1CCCCC1)N[C@@H](C(=O)O)c1ccccc1Cl. The van der Waals surface area contributed by atoms with Crippen LogP contribution in [0.3, 0.4) is 0 Å². The first-order valence-electron chi connectivity index (χ1n) is 7.12. The number of rotatable bonds is 4. The zero-order valence-electron chi connectivity index (χ0n) is 11.6. The minimum Gasteiger partial charge on any atom is -0.479 e. The predicted molar refractivity (Wildman–Crippen MR) is 80.4 cm³/mol. The molecule has 1 aromatic rings. The molecule has 0 aliphatic heterocycles. The zero-order chi connectivity index (χ0) is 15.2. The minimum atomic E-state index is -1.15. The van der Waals surface area contributed by atoms with E-state index >= 15 is 0 Å². The van der Waals surface area contributed by atoms with Crippen LogP contribution in [-0.4, -0.2) is 23.1 Å². The van der Waals surface area contributed by atoms with Gasteiger partial charge in [0.15, 0.2) is 6.04 Å². The Bertz CT molecular complexity index is 515. The Morgan fingerprint density at radius 3 is 2.48 bits per heavy atom. The Hall–Kier alpha value is -1.75. The van der Waals surface area contributed by atoms with Crippen molar-refractivity contribution in [3.63, 3.8) is 0 Å². The van der Waals surface area contributed by atoms with Crippen molar-refractivity contribution in [2.45, 2.75) is 44.2 Å². The molecular formula is C15H19ClN2O3. The van der Waals surface area contributed by atoms with Crippen molar-refractivity contribution in [1.29, 1.82) is 0 Å². The molecule has 0 spiro atoms. The van der Waals surface area contributed by atoms with Crippen molar-refractivity contribution in [2.75, 3.05) is 0 Å². The Morgan fingerprint density at radius 2 is 1.86 bits per heavy atom. The van der Waals surface area contributed by atoms with Crippen LogP contribution in [0.15, 0.2) is 24.3 Å².